The third kappa shape index (κ3) is 2.08. The molecule has 2 saturated heterocycles. The second-order valence-electron chi connectivity index (χ2n) is 7.46. The number of ether oxygens (including phenoxy) is 2. The van der Waals surface area contributed by atoms with Gasteiger partial charge in [0.05, 0.1) is 24.1 Å². The van der Waals surface area contributed by atoms with Gasteiger partial charge in [0, 0.05) is 21.2 Å². The number of nitriles is 3. The lowest BCUT2D eigenvalue weighted by Crippen LogP contribution is -2.60. The second-order valence-corrected chi connectivity index (χ2v) is 9.32. The molecule has 5 unspecified atom stereocenters. The van der Waals surface area contributed by atoms with E-state index in [1.54, 1.807) is 0 Å². The lowest BCUT2D eigenvalue weighted by atomic mass is 9.51. The molecule has 0 spiro atoms. The van der Waals surface area contributed by atoms with Crippen molar-refractivity contribution in [1.82, 2.24) is 0 Å². The molecule has 1 saturated carbocycles. The molecule has 1 N–H and O–H groups in total. The van der Waals surface area contributed by atoms with Gasteiger partial charge in [-0.1, -0.05) is 13.3 Å². The standard InChI is InChI=1S/C19H17BrN4O2S/c1-2-11-3-4-19-14(5-11)18(10-23,16(24)26-19)17(8-21,9-22)15(25-19)13-6-12(20)7-27-13/h6-7,11,14-15,24H,2-5H2,1H3. The van der Waals surface area contributed by atoms with E-state index in [1.807, 2.05) is 11.4 Å². The fourth-order valence-electron chi connectivity index (χ4n) is 5.01. The first kappa shape index (κ1) is 18.4. The van der Waals surface area contributed by atoms with E-state index in [1.165, 1.54) is 11.3 Å². The summed E-state index contributed by atoms with van der Waals surface area (Å²) in [4.78, 5) is 0.679. The molecule has 27 heavy (non-hydrogen) atoms. The van der Waals surface area contributed by atoms with E-state index >= 15 is 0 Å². The third-order valence-corrected chi connectivity index (χ3v) is 8.18. The highest BCUT2D eigenvalue weighted by Gasteiger charge is 2.81. The van der Waals surface area contributed by atoms with E-state index < -0.39 is 28.6 Å². The Kier molecular flexibility index (Phi) is 4.13. The summed E-state index contributed by atoms with van der Waals surface area (Å²) in [6, 6.07) is 8.22. The van der Waals surface area contributed by atoms with Crippen molar-refractivity contribution in [3.8, 4) is 18.2 Å². The van der Waals surface area contributed by atoms with E-state index in [2.05, 4.69) is 41.1 Å². The van der Waals surface area contributed by atoms with Gasteiger partial charge in [0.25, 0.3) is 0 Å². The molecule has 5 atom stereocenters. The molecule has 8 heteroatoms. The smallest absolute Gasteiger partial charge is 0.217 e. The molecule has 0 aromatic carbocycles. The van der Waals surface area contributed by atoms with E-state index in [9.17, 15) is 15.8 Å². The Bertz CT molecular complexity index is 927. The minimum absolute atomic E-state index is 0.298. The summed E-state index contributed by atoms with van der Waals surface area (Å²) in [6.45, 7) is 2.09. The quantitative estimate of drug-likeness (QED) is 0.712. The van der Waals surface area contributed by atoms with Crippen molar-refractivity contribution in [2.75, 3.05) is 0 Å². The molecule has 6 nitrogen and oxygen atoms in total. The number of thiophene rings is 1. The molecule has 2 aliphatic heterocycles. The fraction of sp³-hybridized carbons (Fsp3) is 0.579. The SMILES string of the molecule is CCC1CCC23OC(=N)C(C#N)(C2C1)C(C#N)(C#N)C(c1cc(Br)cs1)O3. The van der Waals surface area contributed by atoms with Gasteiger partial charge in [-0.15, -0.1) is 11.3 Å². The van der Waals surface area contributed by atoms with Crippen molar-refractivity contribution in [3.05, 3.63) is 20.8 Å². The van der Waals surface area contributed by atoms with Gasteiger partial charge in [0.2, 0.25) is 17.1 Å². The van der Waals surface area contributed by atoms with Crippen LogP contribution in [-0.2, 0) is 9.47 Å². The van der Waals surface area contributed by atoms with Gasteiger partial charge in [0.1, 0.15) is 6.10 Å². The summed E-state index contributed by atoms with van der Waals surface area (Å²) in [5.74, 6) is -1.55. The van der Waals surface area contributed by atoms with Gasteiger partial charge in [-0.25, -0.2) is 0 Å². The first-order valence-corrected chi connectivity index (χ1v) is 10.5. The third-order valence-electron chi connectivity index (χ3n) is 6.44. The molecule has 1 aromatic heterocycles. The van der Waals surface area contributed by atoms with E-state index in [0.717, 1.165) is 17.3 Å². The van der Waals surface area contributed by atoms with Crippen LogP contribution in [0.15, 0.2) is 15.9 Å². The van der Waals surface area contributed by atoms with E-state index in [4.69, 9.17) is 14.9 Å². The Morgan fingerprint density at radius 2 is 2.07 bits per heavy atom. The Labute approximate surface area is 169 Å². The highest BCUT2D eigenvalue weighted by Crippen LogP contribution is 2.70. The molecule has 0 amide bonds. The molecule has 2 bridgehead atoms. The zero-order valence-corrected chi connectivity index (χ0v) is 17.1. The highest BCUT2D eigenvalue weighted by atomic mass is 79.9. The van der Waals surface area contributed by atoms with Crippen molar-refractivity contribution in [2.24, 2.45) is 22.7 Å². The van der Waals surface area contributed by atoms with Gasteiger partial charge < -0.3 is 9.47 Å². The van der Waals surface area contributed by atoms with Gasteiger partial charge in [0.15, 0.2) is 5.41 Å². The van der Waals surface area contributed by atoms with Crippen molar-refractivity contribution in [2.45, 2.75) is 44.5 Å². The molecule has 3 heterocycles. The molecule has 0 radical (unpaired) electrons. The van der Waals surface area contributed by atoms with Crippen LogP contribution >= 0.6 is 27.3 Å². The van der Waals surface area contributed by atoms with Crippen LogP contribution in [0, 0.1) is 62.1 Å². The minimum atomic E-state index is -1.84. The summed E-state index contributed by atoms with van der Waals surface area (Å²) < 4.78 is 13.1. The molecule has 1 aromatic rings. The topological polar surface area (TPSA) is 114 Å². The van der Waals surface area contributed by atoms with Gasteiger partial charge in [-0.2, -0.15) is 15.8 Å². The zero-order valence-electron chi connectivity index (χ0n) is 14.7. The monoisotopic (exact) mass is 444 g/mol. The molecular formula is C19H17BrN4O2S. The maximum Gasteiger partial charge on any atom is 0.217 e. The Morgan fingerprint density at radius 3 is 2.63 bits per heavy atom. The minimum Gasteiger partial charge on any atom is -0.447 e. The largest absolute Gasteiger partial charge is 0.447 e. The van der Waals surface area contributed by atoms with Crippen LogP contribution < -0.4 is 0 Å². The highest BCUT2D eigenvalue weighted by molar-refractivity contribution is 9.10. The molecule has 3 aliphatic rings. The molecular weight excluding hydrogens is 428 g/mol. The number of hydrogen-bond donors (Lipinski definition) is 1. The van der Waals surface area contributed by atoms with Crippen LogP contribution in [0.25, 0.3) is 0 Å². The van der Waals surface area contributed by atoms with Crippen LogP contribution in [0.2, 0.25) is 0 Å². The van der Waals surface area contributed by atoms with Crippen molar-refractivity contribution >= 4 is 33.2 Å². The molecule has 4 rings (SSSR count). The average Bonchev–Trinajstić information content (AvgIpc) is 3.19. The van der Waals surface area contributed by atoms with Crippen LogP contribution in [0.1, 0.15) is 43.6 Å². The average molecular weight is 445 g/mol. The van der Waals surface area contributed by atoms with Gasteiger partial charge in [-0.3, -0.25) is 5.41 Å². The fourth-order valence-corrected chi connectivity index (χ4v) is 6.55. The lowest BCUT2D eigenvalue weighted by Gasteiger charge is -2.52. The van der Waals surface area contributed by atoms with Gasteiger partial charge >= 0.3 is 0 Å². The second kappa shape index (κ2) is 6.04. The molecule has 3 fully saturated rings. The number of rotatable bonds is 2. The summed E-state index contributed by atoms with van der Waals surface area (Å²) in [7, 11) is 0. The predicted molar refractivity (Wildman–Crippen MR) is 100 cm³/mol. The van der Waals surface area contributed by atoms with E-state index in [-0.39, 0.29) is 5.90 Å². The Morgan fingerprint density at radius 1 is 1.33 bits per heavy atom. The maximum atomic E-state index is 10.3. The lowest BCUT2D eigenvalue weighted by molar-refractivity contribution is -0.298. The summed E-state index contributed by atoms with van der Waals surface area (Å²) >= 11 is 4.77. The maximum absolute atomic E-state index is 10.3. The Balaban J connectivity index is 1.97. The van der Waals surface area contributed by atoms with Crippen LogP contribution in [0.3, 0.4) is 0 Å². The van der Waals surface area contributed by atoms with E-state index in [0.29, 0.717) is 23.6 Å². The van der Waals surface area contributed by atoms with Crippen LogP contribution in [-0.4, -0.2) is 11.7 Å². The first-order valence-electron chi connectivity index (χ1n) is 8.86. The summed E-state index contributed by atoms with van der Waals surface area (Å²) in [5.41, 5.74) is -3.48. The zero-order chi connectivity index (χ0) is 19.4. The van der Waals surface area contributed by atoms with Gasteiger partial charge in [-0.05, 0) is 40.8 Å². The first-order chi connectivity index (χ1) is 12.9. The van der Waals surface area contributed by atoms with Crippen LogP contribution in [0.4, 0.5) is 0 Å². The number of halogens is 1. The Hall–Kier alpha value is -1.92. The normalized spacial score (nSPS) is 38.8. The molecule has 1 aliphatic carbocycles. The summed E-state index contributed by atoms with van der Waals surface area (Å²) in [6.07, 6.45) is 2.03. The number of hydrogen-bond acceptors (Lipinski definition) is 7. The predicted octanol–water partition coefficient (Wildman–Crippen LogP) is 4.66. The summed E-state index contributed by atoms with van der Waals surface area (Å²) in [5, 5.41) is 41.0. The number of nitrogens with zero attached hydrogens (tertiary/aromatic N) is 3. The van der Waals surface area contributed by atoms with Crippen molar-refractivity contribution in [1.29, 1.82) is 21.2 Å². The molecule has 138 valence electrons. The van der Waals surface area contributed by atoms with Crippen LogP contribution in [0.5, 0.6) is 0 Å². The van der Waals surface area contributed by atoms with Crippen molar-refractivity contribution < 1.29 is 9.47 Å². The van der Waals surface area contributed by atoms with Crippen molar-refractivity contribution in [3.63, 3.8) is 0 Å². The number of nitrogens with one attached hydrogen (secondary N) is 1.